The lowest BCUT2D eigenvalue weighted by Crippen LogP contribution is -2.14. The number of carboxylic acid groups (broad SMARTS) is 1. The van der Waals surface area contributed by atoms with E-state index in [0.29, 0.717) is 11.3 Å². The molecule has 2 N–H and O–H groups in total. The van der Waals surface area contributed by atoms with E-state index in [4.69, 9.17) is 21.4 Å². The van der Waals surface area contributed by atoms with Gasteiger partial charge < -0.3 is 15.2 Å². The van der Waals surface area contributed by atoms with Crippen molar-refractivity contribution in [3.8, 4) is 5.75 Å². The molecular weight excluding hydrogens is 325 g/mol. The molecule has 7 heteroatoms. The number of hydrogen-bond acceptors (Lipinski definition) is 3. The second kappa shape index (κ2) is 7.11. The molecule has 0 unspecified atom stereocenters. The molecule has 0 spiro atoms. The summed E-state index contributed by atoms with van der Waals surface area (Å²) < 4.78 is 18.4. The third kappa shape index (κ3) is 4.20. The van der Waals surface area contributed by atoms with Gasteiger partial charge in [-0.15, -0.1) is 0 Å². The fourth-order valence-electron chi connectivity index (χ4n) is 1.98. The number of nitrogens with one attached hydrogen (secondary N) is 1. The smallest absolute Gasteiger partial charge is 0.337 e. The van der Waals surface area contributed by atoms with Crippen LogP contribution in [0.3, 0.4) is 0 Å². The van der Waals surface area contributed by atoms with Gasteiger partial charge in [0.25, 0.3) is 0 Å². The van der Waals surface area contributed by atoms with Gasteiger partial charge in [-0.05, 0) is 35.9 Å². The van der Waals surface area contributed by atoms with Crippen LogP contribution < -0.4 is 10.1 Å². The van der Waals surface area contributed by atoms with Crippen molar-refractivity contribution in [2.75, 3.05) is 12.4 Å². The van der Waals surface area contributed by atoms with Crippen LogP contribution in [0.15, 0.2) is 36.4 Å². The summed E-state index contributed by atoms with van der Waals surface area (Å²) in [5.41, 5.74) is 0.787. The Balaban J connectivity index is 2.06. The van der Waals surface area contributed by atoms with Gasteiger partial charge in [-0.2, -0.15) is 0 Å². The van der Waals surface area contributed by atoms with Crippen molar-refractivity contribution in [2.45, 2.75) is 6.42 Å². The molecular formula is C16H13ClFNO4. The average Bonchev–Trinajstić information content (AvgIpc) is 2.47. The number of hydrogen-bond donors (Lipinski definition) is 2. The summed E-state index contributed by atoms with van der Waals surface area (Å²) in [7, 11) is 1.36. The molecule has 0 heterocycles. The molecule has 0 aliphatic carbocycles. The predicted molar refractivity (Wildman–Crippen MR) is 83.7 cm³/mol. The molecule has 2 aromatic rings. The lowest BCUT2D eigenvalue weighted by atomic mass is 10.1. The molecule has 120 valence electrons. The van der Waals surface area contributed by atoms with E-state index < -0.39 is 11.8 Å². The molecule has 0 aliphatic rings. The number of carboxylic acids is 1. The number of aromatic carboxylic acids is 1. The molecule has 0 bridgehead atoms. The number of rotatable bonds is 5. The zero-order valence-corrected chi connectivity index (χ0v) is 12.9. The zero-order valence-electron chi connectivity index (χ0n) is 12.1. The van der Waals surface area contributed by atoms with Crippen molar-refractivity contribution in [1.82, 2.24) is 0 Å². The number of amides is 1. The summed E-state index contributed by atoms with van der Waals surface area (Å²) in [5, 5.41) is 11.5. The van der Waals surface area contributed by atoms with Crippen molar-refractivity contribution < 1.29 is 23.8 Å². The van der Waals surface area contributed by atoms with E-state index in [1.807, 2.05) is 0 Å². The van der Waals surface area contributed by atoms with Crippen LogP contribution in [0.2, 0.25) is 5.02 Å². The van der Waals surface area contributed by atoms with E-state index in [9.17, 15) is 14.0 Å². The van der Waals surface area contributed by atoms with Gasteiger partial charge in [-0.1, -0.05) is 17.7 Å². The lowest BCUT2D eigenvalue weighted by molar-refractivity contribution is -0.115. The maximum absolute atomic E-state index is 13.6. The molecule has 2 aromatic carbocycles. The Morgan fingerprint density at radius 2 is 2.00 bits per heavy atom. The Kier molecular flexibility index (Phi) is 5.18. The van der Waals surface area contributed by atoms with E-state index in [0.717, 1.165) is 0 Å². The number of benzene rings is 2. The number of methoxy groups -OCH3 is 1. The number of halogens is 2. The number of carbonyl (C=O) groups is 2. The van der Waals surface area contributed by atoms with Crippen LogP contribution in [-0.2, 0) is 11.2 Å². The fraction of sp³-hybridized carbons (Fsp3) is 0.125. The van der Waals surface area contributed by atoms with Crippen molar-refractivity contribution >= 4 is 29.2 Å². The molecule has 2 rings (SSSR count). The van der Waals surface area contributed by atoms with E-state index in [1.165, 1.54) is 37.4 Å². The lowest BCUT2D eigenvalue weighted by Gasteiger charge is -2.08. The van der Waals surface area contributed by atoms with Crippen molar-refractivity contribution in [2.24, 2.45) is 0 Å². The largest absolute Gasteiger partial charge is 0.494 e. The van der Waals surface area contributed by atoms with Crippen LogP contribution in [0.5, 0.6) is 5.75 Å². The van der Waals surface area contributed by atoms with E-state index >= 15 is 0 Å². The molecule has 0 saturated carbocycles. The number of anilines is 1. The first-order valence-corrected chi connectivity index (χ1v) is 6.93. The van der Waals surface area contributed by atoms with E-state index in [-0.39, 0.29) is 28.7 Å². The van der Waals surface area contributed by atoms with E-state index in [2.05, 4.69) is 5.32 Å². The van der Waals surface area contributed by atoms with Gasteiger partial charge in [0.05, 0.1) is 24.1 Å². The zero-order chi connectivity index (χ0) is 17.0. The summed E-state index contributed by atoms with van der Waals surface area (Å²) in [6, 6.07) is 8.32. The van der Waals surface area contributed by atoms with Crippen LogP contribution in [0.25, 0.3) is 0 Å². The predicted octanol–water partition coefficient (Wildman–Crippen LogP) is 3.37. The summed E-state index contributed by atoms with van der Waals surface area (Å²) in [5.74, 6) is -1.98. The second-order valence-corrected chi connectivity index (χ2v) is 5.10. The van der Waals surface area contributed by atoms with Gasteiger partial charge in [-0.3, -0.25) is 4.79 Å². The Bertz CT molecular complexity index is 764. The quantitative estimate of drug-likeness (QED) is 0.877. The highest BCUT2D eigenvalue weighted by Crippen LogP contribution is 2.22. The normalized spacial score (nSPS) is 10.2. The molecule has 0 aliphatic heterocycles. The van der Waals surface area contributed by atoms with Crippen LogP contribution in [0, 0.1) is 5.82 Å². The topological polar surface area (TPSA) is 75.6 Å². The van der Waals surface area contributed by atoms with Gasteiger partial charge in [0.15, 0.2) is 11.6 Å². The van der Waals surface area contributed by atoms with Crippen molar-refractivity contribution in [1.29, 1.82) is 0 Å². The molecule has 0 aromatic heterocycles. The minimum absolute atomic E-state index is 0.0193. The monoisotopic (exact) mass is 337 g/mol. The fourth-order valence-corrected chi connectivity index (χ4v) is 2.24. The standard InChI is InChI=1S/C16H13ClFNO4/c1-23-14-5-2-9(6-13(14)18)7-15(20)19-10-3-4-11(16(21)22)12(17)8-10/h2-6,8H,7H2,1H3,(H,19,20)(H,21,22). The molecule has 5 nitrogen and oxygen atoms in total. The minimum Gasteiger partial charge on any atom is -0.494 e. The van der Waals surface area contributed by atoms with Gasteiger partial charge in [0, 0.05) is 5.69 Å². The first-order chi connectivity index (χ1) is 10.9. The summed E-state index contributed by atoms with van der Waals surface area (Å²) in [4.78, 5) is 22.8. The Labute approximate surface area is 136 Å². The molecule has 0 atom stereocenters. The average molecular weight is 338 g/mol. The Morgan fingerprint density at radius 1 is 1.26 bits per heavy atom. The summed E-state index contributed by atoms with van der Waals surface area (Å²) in [6.07, 6.45) is -0.0424. The maximum atomic E-state index is 13.6. The molecule has 0 fully saturated rings. The highest BCUT2D eigenvalue weighted by Gasteiger charge is 2.11. The Hall–Kier alpha value is -2.60. The minimum atomic E-state index is -1.15. The van der Waals surface area contributed by atoms with Gasteiger partial charge >= 0.3 is 5.97 Å². The van der Waals surface area contributed by atoms with Crippen LogP contribution in [-0.4, -0.2) is 24.1 Å². The van der Waals surface area contributed by atoms with Crippen LogP contribution in [0.1, 0.15) is 15.9 Å². The van der Waals surface area contributed by atoms with Crippen molar-refractivity contribution in [3.63, 3.8) is 0 Å². The molecule has 0 saturated heterocycles. The Morgan fingerprint density at radius 3 is 2.57 bits per heavy atom. The number of carbonyl (C=O) groups excluding carboxylic acids is 1. The van der Waals surface area contributed by atoms with Gasteiger partial charge in [0.1, 0.15) is 0 Å². The number of ether oxygens (including phenoxy) is 1. The SMILES string of the molecule is COc1ccc(CC(=O)Nc2ccc(C(=O)O)c(Cl)c2)cc1F. The summed E-state index contributed by atoms with van der Waals surface area (Å²) in [6.45, 7) is 0. The first-order valence-electron chi connectivity index (χ1n) is 6.56. The van der Waals surface area contributed by atoms with Gasteiger partial charge in [0.2, 0.25) is 5.91 Å². The van der Waals surface area contributed by atoms with Gasteiger partial charge in [-0.25, -0.2) is 9.18 Å². The molecule has 1 amide bonds. The van der Waals surface area contributed by atoms with Crippen molar-refractivity contribution in [3.05, 3.63) is 58.4 Å². The van der Waals surface area contributed by atoms with E-state index in [1.54, 1.807) is 6.07 Å². The maximum Gasteiger partial charge on any atom is 0.337 e. The third-order valence-corrected chi connectivity index (χ3v) is 3.38. The summed E-state index contributed by atoms with van der Waals surface area (Å²) >= 11 is 5.83. The third-order valence-electron chi connectivity index (χ3n) is 3.06. The van der Waals surface area contributed by atoms with Crippen LogP contribution in [0.4, 0.5) is 10.1 Å². The second-order valence-electron chi connectivity index (χ2n) is 4.69. The van der Waals surface area contributed by atoms with Crippen LogP contribution >= 0.6 is 11.6 Å². The first kappa shape index (κ1) is 16.8. The molecule has 0 radical (unpaired) electrons. The molecule has 23 heavy (non-hydrogen) atoms. The highest BCUT2D eigenvalue weighted by atomic mass is 35.5. The highest BCUT2D eigenvalue weighted by molar-refractivity contribution is 6.33.